The molecule has 0 N–H and O–H groups in total. The predicted molar refractivity (Wildman–Crippen MR) is 162 cm³/mol. The summed E-state index contributed by atoms with van der Waals surface area (Å²) in [6.07, 6.45) is 4.72. The Kier molecular flexibility index (Phi) is 8.68. The topological polar surface area (TPSA) is 13.6 Å². The van der Waals surface area contributed by atoms with E-state index in [0.717, 1.165) is 39.3 Å². The molecule has 0 amide bonds. The molecule has 2 aromatic carbocycles. The summed E-state index contributed by atoms with van der Waals surface area (Å²) < 4.78 is 3.80. The minimum Gasteiger partial charge on any atom is -0.372 e. The first-order valence-electron chi connectivity index (χ1n) is 13.4. The van der Waals surface area contributed by atoms with Crippen LogP contribution in [-0.2, 0) is 6.54 Å². The van der Waals surface area contributed by atoms with Crippen molar-refractivity contribution < 1.29 is 4.57 Å². The lowest BCUT2D eigenvalue weighted by Crippen LogP contribution is -2.33. The molecule has 0 atom stereocenters. The molecule has 1 aromatic heterocycles. The first-order valence-corrected chi connectivity index (χ1v) is 15.1. The van der Waals surface area contributed by atoms with Gasteiger partial charge in [0.1, 0.15) is 11.2 Å². The average Bonchev–Trinajstić information content (AvgIpc) is 3.40. The van der Waals surface area contributed by atoms with E-state index in [1.54, 1.807) is 0 Å². The van der Waals surface area contributed by atoms with E-state index in [1.807, 2.05) is 23.1 Å². The summed E-state index contributed by atoms with van der Waals surface area (Å²) in [5.41, 5.74) is 6.56. The van der Waals surface area contributed by atoms with Crippen LogP contribution in [0.5, 0.6) is 0 Å². The van der Waals surface area contributed by atoms with E-state index in [0.29, 0.717) is 0 Å². The van der Waals surface area contributed by atoms with E-state index in [9.17, 15) is 0 Å². The Morgan fingerprint density at radius 1 is 0.889 bits per heavy atom. The highest BCUT2D eigenvalue weighted by Gasteiger charge is 2.25. The van der Waals surface area contributed by atoms with Gasteiger partial charge in [0.15, 0.2) is 0 Å². The number of aryl methyl sites for hydroxylation is 1. The zero-order chi connectivity index (χ0) is 25.8. The van der Waals surface area contributed by atoms with Crippen molar-refractivity contribution in [1.82, 2.24) is 0 Å². The van der Waals surface area contributed by atoms with Crippen LogP contribution in [0.3, 0.4) is 0 Å². The lowest BCUT2D eigenvalue weighted by molar-refractivity contribution is -0.665. The van der Waals surface area contributed by atoms with Crippen molar-refractivity contribution in [3.8, 4) is 0 Å². The summed E-state index contributed by atoms with van der Waals surface area (Å²) in [7, 11) is 0. The van der Waals surface area contributed by atoms with Gasteiger partial charge < -0.3 is 14.7 Å². The molecule has 4 rings (SSSR count). The molecule has 192 valence electrons. The second kappa shape index (κ2) is 11.7. The number of benzene rings is 2. The second-order valence-corrected chi connectivity index (χ2v) is 11.2. The molecule has 3 aromatic rings. The summed E-state index contributed by atoms with van der Waals surface area (Å²) in [5.74, 6) is 0. The van der Waals surface area contributed by atoms with Gasteiger partial charge in [0.25, 0.3) is 5.01 Å². The fourth-order valence-electron chi connectivity index (χ4n) is 5.06. The molecule has 1 aliphatic heterocycles. The fourth-order valence-corrected chi connectivity index (χ4v) is 7.60. The van der Waals surface area contributed by atoms with E-state index in [4.69, 9.17) is 0 Å². The number of hydrogen-bond donors (Lipinski definition) is 0. The molecular weight excluding hydrogens is 480 g/mol. The minimum absolute atomic E-state index is 0.968. The maximum absolute atomic E-state index is 2.44. The molecule has 0 bridgehead atoms. The van der Waals surface area contributed by atoms with Gasteiger partial charge in [0.2, 0.25) is 5.52 Å². The van der Waals surface area contributed by atoms with Crippen molar-refractivity contribution in [2.45, 2.75) is 59.9 Å². The summed E-state index contributed by atoms with van der Waals surface area (Å²) in [6.45, 7) is 21.7. The van der Waals surface area contributed by atoms with Gasteiger partial charge in [0.05, 0.1) is 10.7 Å². The monoisotopic (exact) mass is 521 g/mol. The lowest BCUT2D eigenvalue weighted by Gasteiger charge is -2.22. The van der Waals surface area contributed by atoms with Crippen LogP contribution in [0.1, 0.15) is 53.5 Å². The molecule has 0 spiro atoms. The molecule has 4 nitrogen and oxygen atoms in total. The molecule has 0 radical (unpaired) electrons. The van der Waals surface area contributed by atoms with E-state index >= 15 is 0 Å². The second-order valence-electron chi connectivity index (χ2n) is 9.05. The highest BCUT2D eigenvalue weighted by Crippen LogP contribution is 2.47. The van der Waals surface area contributed by atoms with E-state index in [2.05, 4.69) is 116 Å². The van der Waals surface area contributed by atoms with Crippen molar-refractivity contribution in [1.29, 1.82) is 0 Å². The molecule has 0 saturated carbocycles. The Morgan fingerprint density at radius 2 is 1.53 bits per heavy atom. The summed E-state index contributed by atoms with van der Waals surface area (Å²) in [6, 6.07) is 13.9. The highest BCUT2D eigenvalue weighted by molar-refractivity contribution is 8.03. The van der Waals surface area contributed by atoms with Gasteiger partial charge in [0, 0.05) is 61.1 Å². The number of thiazole rings is 1. The zero-order valence-corrected chi connectivity index (χ0v) is 24.6. The third-order valence-corrected chi connectivity index (χ3v) is 9.21. The molecule has 1 aliphatic rings. The molecule has 36 heavy (non-hydrogen) atoms. The molecular formula is C30H41N4S2+. The van der Waals surface area contributed by atoms with Gasteiger partial charge in [-0.05, 0) is 90.4 Å². The summed E-state index contributed by atoms with van der Waals surface area (Å²) in [5, 5.41) is 2.62. The smallest absolute Gasteiger partial charge is 0.262 e. The number of fused-ring (bicyclic) bond motifs is 2. The highest BCUT2D eigenvalue weighted by atomic mass is 32.2. The normalized spacial score (nSPS) is 14.7. The van der Waals surface area contributed by atoms with Crippen LogP contribution >= 0.6 is 23.1 Å². The third kappa shape index (κ3) is 5.16. The molecule has 0 saturated heterocycles. The van der Waals surface area contributed by atoms with Gasteiger partial charge in [-0.1, -0.05) is 23.1 Å². The van der Waals surface area contributed by atoms with Crippen molar-refractivity contribution in [3.05, 3.63) is 58.1 Å². The first kappa shape index (κ1) is 26.6. The number of anilines is 3. The van der Waals surface area contributed by atoms with E-state index < -0.39 is 0 Å². The van der Waals surface area contributed by atoms with Crippen molar-refractivity contribution >= 4 is 56.5 Å². The largest absolute Gasteiger partial charge is 0.372 e. The van der Waals surface area contributed by atoms with E-state index in [-0.39, 0.29) is 0 Å². The third-order valence-electron chi connectivity index (χ3n) is 7.02. The van der Waals surface area contributed by atoms with Gasteiger partial charge in [-0.25, -0.2) is 0 Å². The quantitative estimate of drug-likeness (QED) is 0.253. The van der Waals surface area contributed by atoms with Crippen molar-refractivity contribution in [2.24, 2.45) is 0 Å². The van der Waals surface area contributed by atoms with Crippen LogP contribution in [0.25, 0.3) is 16.3 Å². The van der Waals surface area contributed by atoms with Crippen LogP contribution in [0.15, 0.2) is 58.0 Å². The number of thioether (sulfide) groups is 1. The number of aromatic nitrogens is 1. The van der Waals surface area contributed by atoms with Crippen LogP contribution in [0, 0.1) is 0 Å². The molecule has 0 unspecified atom stereocenters. The Balaban J connectivity index is 1.66. The van der Waals surface area contributed by atoms with Crippen LogP contribution in [-0.4, -0.2) is 32.7 Å². The summed E-state index contributed by atoms with van der Waals surface area (Å²) in [4.78, 5) is 8.63. The predicted octanol–water partition coefficient (Wildman–Crippen LogP) is 7.78. The zero-order valence-electron chi connectivity index (χ0n) is 23.0. The van der Waals surface area contributed by atoms with Crippen LogP contribution in [0.4, 0.5) is 17.1 Å². The molecule has 0 fully saturated rings. The molecule has 0 aliphatic carbocycles. The first-order chi connectivity index (χ1) is 17.5. The standard InChI is InChI=1S/C30H41N4S2/c1-8-31(9-2)23-14-16-25-27(20-23)35-29(33(25)12-5)18-22(7)19-30-34(13-6)26-17-15-24(21-28(26)36-30)32(10-3)11-4/h14-21H,8-13H2,1-7H3/q+1. The van der Waals surface area contributed by atoms with Crippen LogP contribution in [0.2, 0.25) is 0 Å². The van der Waals surface area contributed by atoms with Gasteiger partial charge in [-0.2, -0.15) is 4.57 Å². The summed E-state index contributed by atoms with van der Waals surface area (Å²) >= 11 is 3.79. The Morgan fingerprint density at radius 3 is 2.14 bits per heavy atom. The van der Waals surface area contributed by atoms with Gasteiger partial charge in [-0.15, -0.1) is 0 Å². The number of nitrogens with zero attached hydrogens (tertiary/aromatic N) is 4. The average molecular weight is 522 g/mol. The molecule has 2 heterocycles. The van der Waals surface area contributed by atoms with Gasteiger partial charge in [-0.3, -0.25) is 0 Å². The maximum Gasteiger partial charge on any atom is 0.262 e. The Labute approximate surface area is 225 Å². The van der Waals surface area contributed by atoms with Gasteiger partial charge >= 0.3 is 0 Å². The minimum atomic E-state index is 0.968. The fraction of sp³-hybridized carbons (Fsp3) is 0.433. The number of hydrogen-bond acceptors (Lipinski definition) is 5. The number of rotatable bonds is 10. The maximum atomic E-state index is 2.44. The van der Waals surface area contributed by atoms with E-state index in [1.165, 1.54) is 47.8 Å². The lowest BCUT2D eigenvalue weighted by atomic mass is 10.2. The molecule has 6 heteroatoms. The Bertz CT molecular complexity index is 1270. The SMILES string of the molecule is CCN(CC)c1ccc2c(c1)S/C(=C\C(C)=C/c1sc3cc(N(CC)CC)ccc3[n+]1CC)N2CC. The van der Waals surface area contributed by atoms with Crippen LogP contribution < -0.4 is 19.3 Å². The van der Waals surface area contributed by atoms with Crippen molar-refractivity contribution in [2.75, 3.05) is 47.4 Å². The number of allylic oxidation sites excluding steroid dienone is 2. The Hall–Kier alpha value is -2.44. The van der Waals surface area contributed by atoms with Crippen molar-refractivity contribution in [3.63, 3.8) is 0 Å².